The van der Waals surface area contributed by atoms with Crippen molar-refractivity contribution < 1.29 is 23.9 Å². The quantitative estimate of drug-likeness (QED) is 0.616. The maximum absolute atomic E-state index is 12.5. The molecule has 1 N–H and O–H groups in total. The van der Waals surface area contributed by atoms with E-state index in [1.807, 2.05) is 51.1 Å². The van der Waals surface area contributed by atoms with Crippen LogP contribution in [0.5, 0.6) is 0 Å². The lowest BCUT2D eigenvalue weighted by Crippen LogP contribution is -2.50. The van der Waals surface area contributed by atoms with Crippen molar-refractivity contribution in [3.63, 3.8) is 0 Å². The minimum absolute atomic E-state index is 0.101. The minimum atomic E-state index is -0.863. The van der Waals surface area contributed by atoms with E-state index in [0.717, 1.165) is 5.56 Å². The Morgan fingerprint density at radius 2 is 1.58 bits per heavy atom. The van der Waals surface area contributed by atoms with Gasteiger partial charge in [-0.2, -0.15) is 0 Å². The fourth-order valence-corrected chi connectivity index (χ4v) is 2.28. The number of esters is 1. The average Bonchev–Trinajstić information content (AvgIpc) is 2.48. The number of benzene rings is 1. The molecule has 1 aromatic carbocycles. The molecule has 1 atom stereocenters. The second kappa shape index (κ2) is 8.83. The first kappa shape index (κ1) is 21.7. The second-order valence-electron chi connectivity index (χ2n) is 8.23. The van der Waals surface area contributed by atoms with Gasteiger partial charge < -0.3 is 14.8 Å². The van der Waals surface area contributed by atoms with Crippen molar-refractivity contribution in [1.29, 1.82) is 0 Å². The molecule has 1 unspecified atom stereocenters. The average molecular weight is 363 g/mol. The molecule has 26 heavy (non-hydrogen) atoms. The molecule has 1 aromatic rings. The van der Waals surface area contributed by atoms with Gasteiger partial charge in [0, 0.05) is 0 Å². The first-order chi connectivity index (χ1) is 11.9. The van der Waals surface area contributed by atoms with Crippen LogP contribution in [0, 0.1) is 5.41 Å². The molecule has 0 aliphatic carbocycles. The SMILES string of the molecule is CC(C)(C)OC(=O)CC(=O)C(NC(=O)OCc1ccccc1)C(C)(C)C. The van der Waals surface area contributed by atoms with Gasteiger partial charge in [-0.3, -0.25) is 9.59 Å². The molecule has 144 valence electrons. The molecular weight excluding hydrogens is 334 g/mol. The molecule has 0 aliphatic rings. The zero-order chi connectivity index (χ0) is 20.0. The number of Topliss-reactive ketones (excluding diaryl/α,β-unsaturated/α-hetero) is 1. The van der Waals surface area contributed by atoms with Gasteiger partial charge in [0.15, 0.2) is 5.78 Å². The van der Waals surface area contributed by atoms with Crippen LogP contribution in [-0.2, 0) is 25.7 Å². The van der Waals surface area contributed by atoms with E-state index in [4.69, 9.17) is 9.47 Å². The van der Waals surface area contributed by atoms with E-state index in [0.29, 0.717) is 0 Å². The van der Waals surface area contributed by atoms with Crippen LogP contribution in [0.1, 0.15) is 53.5 Å². The van der Waals surface area contributed by atoms with Crippen molar-refractivity contribution in [3.8, 4) is 0 Å². The van der Waals surface area contributed by atoms with Gasteiger partial charge in [-0.25, -0.2) is 4.79 Å². The molecule has 0 saturated heterocycles. The normalized spacial score (nSPS) is 12.8. The summed E-state index contributed by atoms with van der Waals surface area (Å²) >= 11 is 0. The minimum Gasteiger partial charge on any atom is -0.460 e. The lowest BCUT2D eigenvalue weighted by molar-refractivity contribution is -0.156. The van der Waals surface area contributed by atoms with E-state index in [1.54, 1.807) is 20.8 Å². The summed E-state index contributed by atoms with van der Waals surface area (Å²) in [6, 6.07) is 8.37. The summed E-state index contributed by atoms with van der Waals surface area (Å²) in [4.78, 5) is 36.5. The van der Waals surface area contributed by atoms with E-state index in [2.05, 4.69) is 5.32 Å². The third-order valence-corrected chi connectivity index (χ3v) is 3.40. The molecule has 0 aliphatic heterocycles. The number of ketones is 1. The lowest BCUT2D eigenvalue weighted by Gasteiger charge is -2.30. The Hall–Kier alpha value is -2.37. The third-order valence-electron chi connectivity index (χ3n) is 3.40. The molecule has 0 radical (unpaired) electrons. The summed E-state index contributed by atoms with van der Waals surface area (Å²) in [5, 5.41) is 2.58. The van der Waals surface area contributed by atoms with Crippen LogP contribution in [0.15, 0.2) is 30.3 Å². The Morgan fingerprint density at radius 1 is 1.00 bits per heavy atom. The molecule has 0 bridgehead atoms. The predicted octanol–water partition coefficient (Wildman–Crippen LogP) is 3.63. The standard InChI is InChI=1S/C20H29NO5/c1-19(2,3)17(15(22)12-16(23)26-20(4,5)6)21-18(24)25-13-14-10-8-7-9-11-14/h7-11,17H,12-13H2,1-6H3,(H,21,24). The Kier molecular flexibility index (Phi) is 7.36. The van der Waals surface area contributed by atoms with Crippen LogP contribution < -0.4 is 5.32 Å². The van der Waals surface area contributed by atoms with Gasteiger partial charge >= 0.3 is 12.1 Å². The highest BCUT2D eigenvalue weighted by Gasteiger charge is 2.34. The van der Waals surface area contributed by atoms with Crippen molar-refractivity contribution in [1.82, 2.24) is 5.32 Å². The fourth-order valence-electron chi connectivity index (χ4n) is 2.28. The summed E-state index contributed by atoms with van der Waals surface area (Å²) in [5.74, 6) is -1.03. The number of hydrogen-bond acceptors (Lipinski definition) is 5. The number of carbonyl (C=O) groups is 3. The topological polar surface area (TPSA) is 81.7 Å². The highest BCUT2D eigenvalue weighted by molar-refractivity contribution is 6.00. The Balaban J connectivity index is 2.67. The Labute approximate surface area is 155 Å². The van der Waals surface area contributed by atoms with E-state index in [9.17, 15) is 14.4 Å². The molecule has 6 heteroatoms. The number of hydrogen-bond donors (Lipinski definition) is 1. The number of nitrogens with one attached hydrogen (secondary N) is 1. The van der Waals surface area contributed by atoms with Crippen LogP contribution in [-0.4, -0.2) is 29.5 Å². The van der Waals surface area contributed by atoms with Gasteiger partial charge in [-0.1, -0.05) is 51.1 Å². The van der Waals surface area contributed by atoms with Crippen LogP contribution in [0.25, 0.3) is 0 Å². The van der Waals surface area contributed by atoms with E-state index >= 15 is 0 Å². The first-order valence-electron chi connectivity index (χ1n) is 8.60. The van der Waals surface area contributed by atoms with E-state index in [-0.39, 0.29) is 6.61 Å². The van der Waals surface area contributed by atoms with Crippen molar-refractivity contribution in [2.75, 3.05) is 0 Å². The summed E-state index contributed by atoms with van der Waals surface area (Å²) in [7, 11) is 0. The smallest absolute Gasteiger partial charge is 0.408 e. The molecule has 0 spiro atoms. The second-order valence-corrected chi connectivity index (χ2v) is 8.23. The number of rotatable bonds is 6. The summed E-state index contributed by atoms with van der Waals surface area (Å²) < 4.78 is 10.3. The highest BCUT2D eigenvalue weighted by atomic mass is 16.6. The third kappa shape index (κ3) is 8.14. The monoisotopic (exact) mass is 363 g/mol. The number of amides is 1. The van der Waals surface area contributed by atoms with E-state index in [1.165, 1.54) is 0 Å². The molecular formula is C20H29NO5. The molecule has 6 nitrogen and oxygen atoms in total. The number of carbonyl (C=O) groups excluding carboxylic acids is 3. The Bertz CT molecular complexity index is 626. The first-order valence-corrected chi connectivity index (χ1v) is 8.60. The Morgan fingerprint density at radius 3 is 2.08 bits per heavy atom. The summed E-state index contributed by atoms with van der Waals surface area (Å²) in [5.41, 5.74) is -0.406. The number of alkyl carbamates (subject to hydrolysis) is 1. The van der Waals surface area contributed by atoms with Crippen molar-refractivity contribution >= 4 is 17.8 Å². The zero-order valence-corrected chi connectivity index (χ0v) is 16.4. The van der Waals surface area contributed by atoms with Crippen molar-refractivity contribution in [2.24, 2.45) is 5.41 Å². The van der Waals surface area contributed by atoms with Crippen LogP contribution in [0.3, 0.4) is 0 Å². The van der Waals surface area contributed by atoms with Crippen LogP contribution in [0.4, 0.5) is 4.79 Å². The van der Waals surface area contributed by atoms with Gasteiger partial charge in [-0.05, 0) is 31.7 Å². The highest BCUT2D eigenvalue weighted by Crippen LogP contribution is 2.22. The van der Waals surface area contributed by atoms with Gasteiger partial charge in [0.25, 0.3) is 0 Å². The molecule has 1 amide bonds. The maximum atomic E-state index is 12.5. The molecule has 0 fully saturated rings. The van der Waals surface area contributed by atoms with Crippen LogP contribution in [0.2, 0.25) is 0 Å². The fraction of sp³-hybridized carbons (Fsp3) is 0.550. The van der Waals surface area contributed by atoms with Crippen LogP contribution >= 0.6 is 0 Å². The molecule has 1 rings (SSSR count). The van der Waals surface area contributed by atoms with Gasteiger partial charge in [0.1, 0.15) is 18.6 Å². The van der Waals surface area contributed by atoms with Gasteiger partial charge in [0.05, 0.1) is 6.04 Å². The largest absolute Gasteiger partial charge is 0.460 e. The van der Waals surface area contributed by atoms with E-state index < -0.39 is 41.3 Å². The van der Waals surface area contributed by atoms with Gasteiger partial charge in [-0.15, -0.1) is 0 Å². The van der Waals surface area contributed by atoms with Crippen molar-refractivity contribution in [2.45, 2.75) is 66.2 Å². The van der Waals surface area contributed by atoms with Gasteiger partial charge in [0.2, 0.25) is 0 Å². The molecule has 0 aromatic heterocycles. The number of ether oxygens (including phenoxy) is 2. The predicted molar refractivity (Wildman–Crippen MR) is 98.5 cm³/mol. The summed E-state index contributed by atoms with van der Waals surface area (Å²) in [6.45, 7) is 10.7. The molecule has 0 saturated carbocycles. The maximum Gasteiger partial charge on any atom is 0.408 e. The molecule has 0 heterocycles. The van der Waals surface area contributed by atoms with Crippen molar-refractivity contribution in [3.05, 3.63) is 35.9 Å². The lowest BCUT2D eigenvalue weighted by atomic mass is 9.83. The zero-order valence-electron chi connectivity index (χ0n) is 16.4. The summed E-state index contributed by atoms with van der Waals surface area (Å²) in [6.07, 6.45) is -1.11.